The summed E-state index contributed by atoms with van der Waals surface area (Å²) in [4.78, 5) is 213. The first-order valence-electron chi connectivity index (χ1n) is 33.5. The fourth-order valence-electron chi connectivity index (χ4n) is 9.74. The maximum atomic E-state index is 14.4. The second-order valence-electron chi connectivity index (χ2n) is 27.4. The lowest BCUT2D eigenvalue weighted by atomic mass is 9.97. The predicted octanol–water partition coefficient (Wildman–Crippen LogP) is -2.83. The number of carboxylic acid groups (broad SMARTS) is 3. The maximum Gasteiger partial charge on any atom is 0.325 e. The van der Waals surface area contributed by atoms with E-state index >= 15 is 0 Å². The SMILES string of the molecule is CC(C)C[C@H](NC(=O)[C@H](CC(=O)O)NC(=O)[C@H](C)N)C(=O)N[C@@H](CCC(=O)O)C(=O)N[C@H](C(=O)N[C@H](C(=O)N[C@@H](C)C(=O)N[C@@H](C)C(=O)N[C@H](C(=O)N[C@@H](Cc1ccc(O)cc1)C(=O)N[C@H](C(=O)N[C@@H](CC(C)C)C(=O)N[C@H](C(=O)N[C@@H](C)C(=O)O)C(C)C)C(C)C)[C@@H](C)O)C(C)C)C(C)C. The first kappa shape index (κ1) is 89.5. The molecule has 15 atom stereocenters. The number of aliphatic carboxylic acids is 3. The van der Waals surface area contributed by atoms with Crippen molar-refractivity contribution in [1.82, 2.24) is 69.1 Å². The number of amides is 13. The molecule has 0 spiro atoms. The fourth-order valence-corrected chi connectivity index (χ4v) is 9.74. The number of carbonyl (C=O) groups excluding carboxylic acids is 13. The lowest BCUT2D eigenvalue weighted by molar-refractivity contribution is -0.142. The average Bonchev–Trinajstić information content (AvgIpc) is 0.852. The number of carbonyl (C=O) groups is 16. The van der Waals surface area contributed by atoms with E-state index in [1.807, 2.05) is 0 Å². The van der Waals surface area contributed by atoms with E-state index in [-0.39, 0.29) is 36.8 Å². The lowest BCUT2D eigenvalue weighted by Crippen LogP contribution is -2.62. The molecule has 0 aliphatic rings. The Labute approximate surface area is 587 Å². The van der Waals surface area contributed by atoms with E-state index in [0.717, 1.165) is 6.92 Å². The quantitative estimate of drug-likeness (QED) is 0.0313. The molecule has 568 valence electrons. The molecule has 13 amide bonds. The molecule has 0 saturated carbocycles. The molecule has 0 bridgehead atoms. The highest BCUT2D eigenvalue weighted by molar-refractivity contribution is 6.00. The largest absolute Gasteiger partial charge is 0.508 e. The van der Waals surface area contributed by atoms with E-state index in [2.05, 4.69) is 69.1 Å². The molecule has 35 heteroatoms. The van der Waals surface area contributed by atoms with Gasteiger partial charge in [-0.15, -0.1) is 0 Å². The van der Waals surface area contributed by atoms with Crippen molar-refractivity contribution in [2.75, 3.05) is 0 Å². The van der Waals surface area contributed by atoms with Gasteiger partial charge in [0.2, 0.25) is 76.8 Å². The molecule has 0 aliphatic carbocycles. The van der Waals surface area contributed by atoms with Crippen LogP contribution in [0.3, 0.4) is 0 Å². The molecule has 0 radical (unpaired) electrons. The van der Waals surface area contributed by atoms with Gasteiger partial charge in [0.05, 0.1) is 18.6 Å². The summed E-state index contributed by atoms with van der Waals surface area (Å²) in [6.45, 7) is 25.6. The van der Waals surface area contributed by atoms with Gasteiger partial charge in [0.1, 0.15) is 84.3 Å². The van der Waals surface area contributed by atoms with Crippen molar-refractivity contribution in [1.29, 1.82) is 0 Å². The number of aliphatic hydroxyl groups excluding tert-OH is 1. The van der Waals surface area contributed by atoms with Crippen molar-refractivity contribution in [3.05, 3.63) is 29.8 Å². The molecule has 0 unspecified atom stereocenters. The molecular formula is C66H108N14O21. The zero-order chi connectivity index (χ0) is 77.8. The van der Waals surface area contributed by atoms with Crippen LogP contribution in [-0.4, -0.2) is 211 Å². The van der Waals surface area contributed by atoms with Gasteiger partial charge in [-0.25, -0.2) is 0 Å². The van der Waals surface area contributed by atoms with Crippen LogP contribution in [-0.2, 0) is 83.1 Å². The number of phenols is 1. The first-order valence-corrected chi connectivity index (χ1v) is 33.5. The van der Waals surface area contributed by atoms with Crippen molar-refractivity contribution in [2.45, 2.75) is 247 Å². The van der Waals surface area contributed by atoms with Crippen molar-refractivity contribution >= 4 is 94.7 Å². The van der Waals surface area contributed by atoms with Crippen LogP contribution in [0.4, 0.5) is 0 Å². The van der Waals surface area contributed by atoms with Gasteiger partial charge in [0.25, 0.3) is 0 Å². The number of aromatic hydroxyl groups is 1. The van der Waals surface area contributed by atoms with E-state index in [9.17, 15) is 102 Å². The molecule has 20 N–H and O–H groups in total. The Kier molecular flexibility index (Phi) is 37.7. The van der Waals surface area contributed by atoms with Crippen LogP contribution < -0.4 is 74.9 Å². The van der Waals surface area contributed by atoms with E-state index in [4.69, 9.17) is 5.73 Å². The van der Waals surface area contributed by atoms with E-state index in [1.165, 1.54) is 65.8 Å². The van der Waals surface area contributed by atoms with Gasteiger partial charge in [-0.2, -0.15) is 0 Å². The van der Waals surface area contributed by atoms with Crippen molar-refractivity contribution in [3.63, 3.8) is 0 Å². The number of benzene rings is 1. The Balaban J connectivity index is 3.40. The Hall–Kier alpha value is -9.54. The van der Waals surface area contributed by atoms with Gasteiger partial charge < -0.3 is 100 Å². The average molecular weight is 1430 g/mol. The Morgan fingerprint density at radius 3 is 1.05 bits per heavy atom. The molecule has 101 heavy (non-hydrogen) atoms. The summed E-state index contributed by atoms with van der Waals surface area (Å²) in [5, 5.41) is 81.2. The summed E-state index contributed by atoms with van der Waals surface area (Å²) in [6, 6.07) is -14.8. The highest BCUT2D eigenvalue weighted by Gasteiger charge is 2.39. The third kappa shape index (κ3) is 31.7. The number of hydrogen-bond acceptors (Lipinski definition) is 19. The molecule has 0 fully saturated rings. The predicted molar refractivity (Wildman–Crippen MR) is 364 cm³/mol. The number of nitrogens with one attached hydrogen (secondary N) is 13. The van der Waals surface area contributed by atoms with Crippen LogP contribution in [0.25, 0.3) is 0 Å². The molecule has 35 nitrogen and oxygen atoms in total. The minimum absolute atomic E-state index is 0.0554. The second-order valence-corrected chi connectivity index (χ2v) is 27.4. The van der Waals surface area contributed by atoms with E-state index < -0.39 is 228 Å². The van der Waals surface area contributed by atoms with Gasteiger partial charge in [-0.1, -0.05) is 95.2 Å². The first-order chi connectivity index (χ1) is 46.7. The van der Waals surface area contributed by atoms with Crippen LogP contribution >= 0.6 is 0 Å². The molecule has 0 aromatic heterocycles. The van der Waals surface area contributed by atoms with E-state index in [1.54, 1.807) is 69.2 Å². The van der Waals surface area contributed by atoms with Crippen molar-refractivity contribution in [3.8, 4) is 5.75 Å². The molecule has 1 aromatic carbocycles. The van der Waals surface area contributed by atoms with Gasteiger partial charge in [-0.3, -0.25) is 76.7 Å². The van der Waals surface area contributed by atoms with Crippen molar-refractivity contribution in [2.24, 2.45) is 41.2 Å². The van der Waals surface area contributed by atoms with Crippen LogP contribution in [0.5, 0.6) is 5.75 Å². The maximum absolute atomic E-state index is 14.4. The van der Waals surface area contributed by atoms with Crippen LogP contribution in [0.15, 0.2) is 24.3 Å². The summed E-state index contributed by atoms with van der Waals surface area (Å²) in [7, 11) is 0. The summed E-state index contributed by atoms with van der Waals surface area (Å²) < 4.78 is 0. The topological polar surface area (TPSA) is 557 Å². The number of phenolic OH excluding ortho intramolecular Hbond substituents is 1. The highest BCUT2D eigenvalue weighted by atomic mass is 16.4. The summed E-state index contributed by atoms with van der Waals surface area (Å²) in [5.74, 6) is -19.8. The number of rotatable bonds is 43. The van der Waals surface area contributed by atoms with Gasteiger partial charge >= 0.3 is 17.9 Å². The zero-order valence-electron chi connectivity index (χ0n) is 60.5. The minimum atomic E-state index is -1.82. The molecule has 0 heterocycles. The second kappa shape index (κ2) is 42.5. The summed E-state index contributed by atoms with van der Waals surface area (Å²) in [6.07, 6.45) is -4.11. The third-order valence-corrected chi connectivity index (χ3v) is 15.7. The van der Waals surface area contributed by atoms with Gasteiger partial charge in [0.15, 0.2) is 0 Å². The number of aliphatic hydroxyl groups is 1. The van der Waals surface area contributed by atoms with E-state index in [0.29, 0.717) is 5.56 Å². The number of hydrogen-bond donors (Lipinski definition) is 19. The zero-order valence-corrected chi connectivity index (χ0v) is 60.5. The molecule has 1 aromatic rings. The normalized spacial score (nSPS) is 15.9. The third-order valence-electron chi connectivity index (χ3n) is 15.7. The summed E-state index contributed by atoms with van der Waals surface area (Å²) >= 11 is 0. The van der Waals surface area contributed by atoms with Crippen LogP contribution in [0.1, 0.15) is 155 Å². The molecule has 1 rings (SSSR count). The smallest absolute Gasteiger partial charge is 0.325 e. The summed E-state index contributed by atoms with van der Waals surface area (Å²) in [5.41, 5.74) is 5.97. The highest BCUT2D eigenvalue weighted by Crippen LogP contribution is 2.16. The minimum Gasteiger partial charge on any atom is -0.508 e. The fraction of sp³-hybridized carbons (Fsp3) is 0.667. The van der Waals surface area contributed by atoms with Gasteiger partial charge in [-0.05, 0) is 107 Å². The molecular weight excluding hydrogens is 1320 g/mol. The number of nitrogens with two attached hydrogens (primary N) is 1. The Morgan fingerprint density at radius 2 is 0.653 bits per heavy atom. The molecule has 0 aliphatic heterocycles. The van der Waals surface area contributed by atoms with Crippen molar-refractivity contribution < 1.29 is 102 Å². The van der Waals surface area contributed by atoms with Crippen LogP contribution in [0.2, 0.25) is 0 Å². The van der Waals surface area contributed by atoms with Crippen LogP contribution in [0, 0.1) is 35.5 Å². The lowest BCUT2D eigenvalue weighted by Gasteiger charge is -2.30. The Bertz CT molecular complexity index is 3070. The monoisotopic (exact) mass is 1430 g/mol. The van der Waals surface area contributed by atoms with Gasteiger partial charge in [0, 0.05) is 12.8 Å². The molecule has 0 saturated heterocycles. The standard InChI is InChI=1S/C66H108N14O21/c1-28(2)24-42(73-58(92)45(27-47(85)86)72-53(87)34(13)67)57(91)71-41(22-23-46(83)84)56(90)76-51(33(11)12)64(98)79-49(31(7)8)61(95)69-35(14)54(88)68-36(15)55(89)80-52(38(17)81)65(99)75-44(26-39-18-20-40(82)21-19-39)60(94)78-50(32(9)10)63(97)74-43(25-29(3)4)59(93)77-48(30(5)6)62(96)70-37(16)66(100)101/h18-21,28-38,41-45,48-52,81-82H,22-27,67H2,1-17H3,(H,68,88)(H,69,95)(H,70,96)(H,71,91)(H,72,87)(H,73,92)(H,74,97)(H,75,99)(H,76,90)(H,77,93)(H,78,94)(H,79,98)(H,80,89)(H,83,84)(H,85,86)(H,100,101)/t34-,35-,36-,37-,38+,41-,42-,43-,44-,45-,48-,49-,50-,51-,52-/m0/s1. The Morgan fingerprint density at radius 1 is 0.347 bits per heavy atom. The number of carboxylic acids is 3.